The van der Waals surface area contributed by atoms with E-state index in [1.165, 1.54) is 12.1 Å². The minimum Gasteiger partial charge on any atom is -0.480 e. The largest absolute Gasteiger partial charge is 0.480 e. The van der Waals surface area contributed by atoms with Crippen LogP contribution in [0.1, 0.15) is 17.3 Å². The molecule has 1 atom stereocenters. The summed E-state index contributed by atoms with van der Waals surface area (Å²) in [4.78, 5) is 21.3. The fraction of sp³-hybridized carbons (Fsp3) is 0.444. The van der Waals surface area contributed by atoms with Crippen molar-refractivity contribution in [1.29, 1.82) is 0 Å². The number of hydrogen-bond acceptors (Lipinski definition) is 6. The molecule has 0 aliphatic heterocycles. The van der Waals surface area contributed by atoms with E-state index < -0.39 is 16.9 Å². The van der Waals surface area contributed by atoms with Gasteiger partial charge in [-0.05, 0) is 19.0 Å². The number of aliphatic hydroxyl groups excluding tert-OH is 1. The maximum Gasteiger partial charge on any atom is 0.326 e. The first-order chi connectivity index (χ1) is 8.06. The molecular weight excluding hydrogens is 248 g/mol. The maximum atomic E-state index is 11.0. The Morgan fingerprint density at radius 3 is 2.76 bits per heavy atom. The van der Waals surface area contributed by atoms with Crippen LogP contribution < -0.4 is 5.32 Å². The van der Waals surface area contributed by atoms with E-state index in [1.54, 1.807) is 0 Å². The molecule has 1 aromatic rings. The number of carbonyl (C=O) groups is 1. The van der Waals surface area contributed by atoms with E-state index in [1.807, 2.05) is 0 Å². The van der Waals surface area contributed by atoms with Crippen molar-refractivity contribution in [3.63, 3.8) is 0 Å². The number of rotatable bonds is 7. The van der Waals surface area contributed by atoms with Crippen LogP contribution in [-0.4, -0.2) is 34.3 Å². The standard InChI is InChI=1S/C9H12N2O5S/c12-5-1-4-10-8(9(13)14)6-2-3-7(17-6)11(15)16/h2-3,8,10,12H,1,4-5H2,(H,13,14). The first-order valence-electron chi connectivity index (χ1n) is 4.87. The predicted octanol–water partition coefficient (Wildman–Crippen LogP) is 0.754. The molecule has 0 saturated heterocycles. The zero-order valence-electron chi connectivity index (χ0n) is 8.83. The fourth-order valence-corrected chi connectivity index (χ4v) is 2.12. The predicted molar refractivity (Wildman–Crippen MR) is 61.1 cm³/mol. The van der Waals surface area contributed by atoms with Crippen LogP contribution in [0.15, 0.2) is 12.1 Å². The molecule has 1 heterocycles. The lowest BCUT2D eigenvalue weighted by Gasteiger charge is -2.11. The number of aliphatic carboxylic acids is 1. The van der Waals surface area contributed by atoms with Crippen LogP contribution in [0.4, 0.5) is 5.00 Å². The van der Waals surface area contributed by atoms with Gasteiger partial charge in [-0.2, -0.15) is 0 Å². The maximum absolute atomic E-state index is 11.0. The highest BCUT2D eigenvalue weighted by Crippen LogP contribution is 2.28. The SMILES string of the molecule is O=C(O)C(NCCCO)c1ccc([N+](=O)[O-])s1. The Labute approximate surface area is 101 Å². The Balaban J connectivity index is 2.75. The monoisotopic (exact) mass is 260 g/mol. The van der Waals surface area contributed by atoms with Crippen LogP contribution in [0, 0.1) is 10.1 Å². The number of nitrogens with one attached hydrogen (secondary N) is 1. The average Bonchev–Trinajstić information content (AvgIpc) is 2.73. The number of thiophene rings is 1. The van der Waals surface area contributed by atoms with Gasteiger partial charge in [-0.1, -0.05) is 11.3 Å². The molecule has 0 aliphatic carbocycles. The van der Waals surface area contributed by atoms with Crippen molar-refractivity contribution >= 4 is 22.3 Å². The van der Waals surface area contributed by atoms with Gasteiger partial charge in [0.05, 0.1) is 4.92 Å². The van der Waals surface area contributed by atoms with Gasteiger partial charge in [-0.25, -0.2) is 0 Å². The second-order valence-electron chi connectivity index (χ2n) is 3.24. The summed E-state index contributed by atoms with van der Waals surface area (Å²) < 4.78 is 0. The Morgan fingerprint density at radius 2 is 2.29 bits per heavy atom. The molecule has 0 fully saturated rings. The molecule has 0 aromatic carbocycles. The first-order valence-corrected chi connectivity index (χ1v) is 5.69. The third-order valence-corrected chi connectivity index (χ3v) is 3.11. The summed E-state index contributed by atoms with van der Waals surface area (Å²) in [7, 11) is 0. The summed E-state index contributed by atoms with van der Waals surface area (Å²) in [5, 5.41) is 30.7. The van der Waals surface area contributed by atoms with Crippen LogP contribution in [-0.2, 0) is 4.79 Å². The smallest absolute Gasteiger partial charge is 0.326 e. The van der Waals surface area contributed by atoms with Crippen molar-refractivity contribution in [3.8, 4) is 0 Å². The van der Waals surface area contributed by atoms with Crippen LogP contribution in [0.2, 0.25) is 0 Å². The number of nitrogens with zero attached hydrogens (tertiary/aromatic N) is 1. The highest BCUT2D eigenvalue weighted by molar-refractivity contribution is 7.15. The van der Waals surface area contributed by atoms with E-state index >= 15 is 0 Å². The molecule has 3 N–H and O–H groups in total. The molecule has 1 unspecified atom stereocenters. The summed E-state index contributed by atoms with van der Waals surface area (Å²) in [5.41, 5.74) is 0. The Kier molecular flexibility index (Phi) is 5.01. The van der Waals surface area contributed by atoms with E-state index in [-0.39, 0.29) is 11.6 Å². The van der Waals surface area contributed by atoms with Crippen LogP contribution >= 0.6 is 11.3 Å². The number of carboxylic acid groups (broad SMARTS) is 1. The van der Waals surface area contributed by atoms with Crippen molar-refractivity contribution in [2.45, 2.75) is 12.5 Å². The van der Waals surface area contributed by atoms with Gasteiger partial charge in [0.2, 0.25) is 0 Å². The zero-order chi connectivity index (χ0) is 12.8. The van der Waals surface area contributed by atoms with Gasteiger partial charge in [0.15, 0.2) is 0 Å². The lowest BCUT2D eigenvalue weighted by Crippen LogP contribution is -2.28. The number of nitro groups is 1. The van der Waals surface area contributed by atoms with Crippen molar-refractivity contribution < 1.29 is 19.9 Å². The summed E-state index contributed by atoms with van der Waals surface area (Å²) in [6, 6.07) is 1.73. The Hall–Kier alpha value is -1.51. The number of hydrogen-bond donors (Lipinski definition) is 3. The fourth-order valence-electron chi connectivity index (χ4n) is 1.23. The second kappa shape index (κ2) is 6.28. The number of aliphatic hydroxyl groups is 1. The molecule has 17 heavy (non-hydrogen) atoms. The third-order valence-electron chi connectivity index (χ3n) is 2.01. The van der Waals surface area contributed by atoms with Crippen molar-refractivity contribution in [2.24, 2.45) is 0 Å². The van der Waals surface area contributed by atoms with Gasteiger partial charge in [0.25, 0.3) is 0 Å². The summed E-state index contributed by atoms with van der Waals surface area (Å²) >= 11 is 0.831. The van der Waals surface area contributed by atoms with Gasteiger partial charge in [-0.15, -0.1) is 0 Å². The van der Waals surface area contributed by atoms with Crippen LogP contribution in [0.5, 0.6) is 0 Å². The van der Waals surface area contributed by atoms with E-state index in [2.05, 4.69) is 5.32 Å². The van der Waals surface area contributed by atoms with Gasteiger partial charge in [-0.3, -0.25) is 20.2 Å². The van der Waals surface area contributed by atoms with Gasteiger partial charge in [0, 0.05) is 17.6 Å². The highest BCUT2D eigenvalue weighted by atomic mass is 32.1. The Morgan fingerprint density at radius 1 is 1.59 bits per heavy atom. The Bertz CT molecular complexity index is 406. The second-order valence-corrected chi connectivity index (χ2v) is 4.33. The summed E-state index contributed by atoms with van der Waals surface area (Å²) in [6.45, 7) is 0.295. The van der Waals surface area contributed by atoms with E-state index in [9.17, 15) is 14.9 Å². The van der Waals surface area contributed by atoms with Gasteiger partial charge < -0.3 is 10.2 Å². The van der Waals surface area contributed by atoms with Crippen molar-refractivity contribution in [3.05, 3.63) is 27.1 Å². The summed E-state index contributed by atoms with van der Waals surface area (Å²) in [6.07, 6.45) is 0.428. The normalized spacial score (nSPS) is 12.3. The van der Waals surface area contributed by atoms with E-state index in [4.69, 9.17) is 10.2 Å². The molecule has 0 spiro atoms. The zero-order valence-corrected chi connectivity index (χ0v) is 9.64. The topological polar surface area (TPSA) is 113 Å². The van der Waals surface area contributed by atoms with Gasteiger partial charge >= 0.3 is 11.0 Å². The minimum atomic E-state index is -1.10. The first kappa shape index (κ1) is 13.6. The lowest BCUT2D eigenvalue weighted by molar-refractivity contribution is -0.380. The quantitative estimate of drug-likeness (QED) is 0.379. The molecule has 0 aliphatic rings. The molecule has 8 heteroatoms. The van der Waals surface area contributed by atoms with Gasteiger partial charge in [0.1, 0.15) is 6.04 Å². The van der Waals surface area contributed by atoms with Crippen molar-refractivity contribution in [2.75, 3.05) is 13.2 Å². The number of carboxylic acids is 1. The van der Waals surface area contributed by atoms with E-state index in [0.717, 1.165) is 11.3 Å². The molecule has 7 nitrogen and oxygen atoms in total. The average molecular weight is 260 g/mol. The summed E-state index contributed by atoms with van der Waals surface area (Å²) in [5.74, 6) is -1.10. The molecule has 0 amide bonds. The highest BCUT2D eigenvalue weighted by Gasteiger charge is 2.23. The molecule has 0 radical (unpaired) electrons. The molecular formula is C9H12N2O5S. The molecule has 0 bridgehead atoms. The molecule has 0 saturated carbocycles. The van der Waals surface area contributed by atoms with Crippen LogP contribution in [0.25, 0.3) is 0 Å². The molecule has 1 rings (SSSR count). The van der Waals surface area contributed by atoms with Crippen LogP contribution in [0.3, 0.4) is 0 Å². The molecule has 1 aromatic heterocycles. The van der Waals surface area contributed by atoms with Crippen molar-refractivity contribution in [1.82, 2.24) is 5.32 Å². The molecule has 94 valence electrons. The lowest BCUT2D eigenvalue weighted by atomic mass is 10.2. The van der Waals surface area contributed by atoms with E-state index in [0.29, 0.717) is 17.8 Å². The minimum absolute atomic E-state index is 0.0378. The third kappa shape index (κ3) is 3.77.